The summed E-state index contributed by atoms with van der Waals surface area (Å²) in [7, 11) is -24.1. The predicted octanol–water partition coefficient (Wildman–Crippen LogP) is 3.05. The largest absolute Gasteiger partial charge is 0.748 e. The fourth-order valence-corrected chi connectivity index (χ4v) is 10.8. The van der Waals surface area contributed by atoms with Crippen LogP contribution in [-0.4, -0.2) is 111 Å². The molecule has 320 valence electrons. The highest BCUT2D eigenvalue weighted by Crippen LogP contribution is 2.53. The monoisotopic (exact) mass is 910 g/mol. The van der Waals surface area contributed by atoms with Gasteiger partial charge in [-0.25, -0.2) is 8.42 Å². The summed E-state index contributed by atoms with van der Waals surface area (Å²) in [5.74, 6) is -2.63. The normalized spacial score (nSPS) is 19.4. The van der Waals surface area contributed by atoms with Crippen molar-refractivity contribution in [3.8, 4) is 0 Å². The Hall–Kier alpha value is -3.85. The molecule has 0 amide bonds. The van der Waals surface area contributed by atoms with Crippen molar-refractivity contribution in [3.05, 3.63) is 77.5 Å². The van der Waals surface area contributed by atoms with Gasteiger partial charge in [-0.2, -0.15) is 38.2 Å². The molecule has 2 heterocycles. The van der Waals surface area contributed by atoms with Gasteiger partial charge >= 0.3 is 5.97 Å². The number of rotatable bonds is 18. The van der Waals surface area contributed by atoms with Gasteiger partial charge in [0.15, 0.2) is 5.71 Å². The summed E-state index contributed by atoms with van der Waals surface area (Å²) in [5, 5.41) is 9.36. The first-order chi connectivity index (χ1) is 26.4. The highest BCUT2D eigenvalue weighted by Gasteiger charge is 2.49. The van der Waals surface area contributed by atoms with Crippen LogP contribution >= 0.6 is 0 Å². The fourth-order valence-electron chi connectivity index (χ4n) is 7.50. The van der Waals surface area contributed by atoms with E-state index in [9.17, 15) is 74.8 Å². The third-order valence-electron chi connectivity index (χ3n) is 9.82. The molecule has 19 nitrogen and oxygen atoms in total. The molecule has 0 saturated carbocycles. The average Bonchev–Trinajstić information content (AvgIpc) is 3.41. The lowest BCUT2D eigenvalue weighted by Gasteiger charge is -2.31. The van der Waals surface area contributed by atoms with E-state index in [0.29, 0.717) is 11.8 Å². The van der Waals surface area contributed by atoms with E-state index < -0.39 is 93.6 Å². The van der Waals surface area contributed by atoms with Crippen molar-refractivity contribution in [2.24, 2.45) is 0 Å². The molecule has 0 bridgehead atoms. The lowest BCUT2D eigenvalue weighted by atomic mass is 9.77. The van der Waals surface area contributed by atoms with Gasteiger partial charge in [-0.05, 0) is 64.3 Å². The number of benzene rings is 2. The molecule has 0 spiro atoms. The van der Waals surface area contributed by atoms with E-state index in [2.05, 4.69) is 0 Å². The molecule has 1 atom stereocenters. The molecule has 2 aromatic rings. The molecule has 0 aliphatic carbocycles. The summed E-state index contributed by atoms with van der Waals surface area (Å²) in [6.07, 6.45) is 6.73. The maximum Gasteiger partial charge on any atom is 0.303 e. The second-order valence-electron chi connectivity index (χ2n) is 14.3. The van der Waals surface area contributed by atoms with E-state index in [0.717, 1.165) is 12.1 Å². The molecule has 5 N–H and O–H groups in total. The number of fused-ring (bicyclic) bond motifs is 2. The lowest BCUT2D eigenvalue weighted by Crippen LogP contribution is -2.30. The first-order valence-electron chi connectivity index (χ1n) is 17.2. The molecule has 0 radical (unpaired) electrons. The van der Waals surface area contributed by atoms with Crippen LogP contribution < -0.4 is 4.90 Å². The molecule has 0 aromatic heterocycles. The number of allylic oxidation sites excluding steroid dienone is 6. The molecule has 2 aromatic carbocycles. The van der Waals surface area contributed by atoms with Crippen LogP contribution in [0.5, 0.6) is 0 Å². The van der Waals surface area contributed by atoms with Gasteiger partial charge in [0, 0.05) is 59.6 Å². The summed E-state index contributed by atoms with van der Waals surface area (Å²) in [6.45, 7) is 4.34. The topological polar surface area (TPSA) is 318 Å². The van der Waals surface area contributed by atoms with Crippen LogP contribution in [0.15, 0.2) is 81.1 Å². The Labute approximate surface area is 336 Å². The Morgan fingerprint density at radius 2 is 1.43 bits per heavy atom. The molecule has 0 saturated heterocycles. The van der Waals surface area contributed by atoms with E-state index in [1.165, 1.54) is 60.9 Å². The number of hydrogen-bond acceptors (Lipinski definition) is 13. The van der Waals surface area contributed by atoms with Crippen molar-refractivity contribution < 1.29 is 79.3 Å². The number of carboxylic acid groups (broad SMARTS) is 1. The standard InChI is InChI=1S/C34H42N2O17S5/c1-33(2)28(36(18-10-20-55(42,43)44)25-21-23(56(45,46)47)22-27(31(25)33)58(51,52)53)13-5-4-6-14-29-34(3,16-8-15-30(37)38)32-24(11-7-12-26(32)57(48,49)50)35(29)17-9-19-54(39,40)41/h4-7,11-14,21-22H,8-10,15-20H2,1-3H3,(H5-,37,38,39,40,41,42,43,44,45,46,47,48,49,50,51,52,53). The van der Waals surface area contributed by atoms with Crippen molar-refractivity contribution in [3.63, 3.8) is 0 Å². The van der Waals surface area contributed by atoms with Crippen molar-refractivity contribution in [1.82, 2.24) is 0 Å². The molecule has 0 fully saturated rings. The minimum Gasteiger partial charge on any atom is -0.748 e. The van der Waals surface area contributed by atoms with E-state index in [4.69, 9.17) is 0 Å². The smallest absolute Gasteiger partial charge is 0.303 e. The van der Waals surface area contributed by atoms with Crippen LogP contribution in [0.2, 0.25) is 0 Å². The minimum absolute atomic E-state index is 0.0369. The van der Waals surface area contributed by atoms with E-state index in [1.54, 1.807) is 11.8 Å². The Kier molecular flexibility index (Phi) is 13.5. The van der Waals surface area contributed by atoms with Gasteiger partial charge in [-0.3, -0.25) is 23.0 Å². The zero-order valence-electron chi connectivity index (χ0n) is 31.2. The summed E-state index contributed by atoms with van der Waals surface area (Å²) in [6, 6.07) is 5.57. The van der Waals surface area contributed by atoms with Crippen molar-refractivity contribution >= 4 is 73.6 Å². The zero-order valence-corrected chi connectivity index (χ0v) is 35.3. The highest BCUT2D eigenvalue weighted by molar-refractivity contribution is 7.87. The van der Waals surface area contributed by atoms with E-state index >= 15 is 0 Å². The van der Waals surface area contributed by atoms with E-state index in [1.807, 2.05) is 0 Å². The van der Waals surface area contributed by atoms with Crippen LogP contribution in [-0.2, 0) is 66.2 Å². The predicted molar refractivity (Wildman–Crippen MR) is 208 cm³/mol. The second-order valence-corrected chi connectivity index (χ2v) is 21.6. The number of anilines is 1. The van der Waals surface area contributed by atoms with Crippen LogP contribution in [0, 0.1) is 0 Å². The molecule has 4 rings (SSSR count). The molecule has 58 heavy (non-hydrogen) atoms. The van der Waals surface area contributed by atoms with Gasteiger partial charge in [0.05, 0.1) is 26.8 Å². The third kappa shape index (κ3) is 10.7. The Morgan fingerprint density at radius 1 is 0.793 bits per heavy atom. The molecular weight excluding hydrogens is 869 g/mol. The van der Waals surface area contributed by atoms with Crippen LogP contribution in [0.3, 0.4) is 0 Å². The first-order valence-corrected chi connectivity index (χ1v) is 24.7. The van der Waals surface area contributed by atoms with Crippen LogP contribution in [0.1, 0.15) is 64.0 Å². The SMILES string of the molecule is CC1(C)C(/C=C/C=C/C=C2/N(CCCS(=O)(=O)[O-])c3cccc(S(=O)(=O)O)c3C2(C)CCCC(=O)O)=[N+](CCCS(=O)(=O)O)c2cc(S(=O)(=O)O)cc(S(=O)(=O)O)c21. The molecule has 2 aliphatic rings. The zero-order chi connectivity index (χ0) is 43.9. The number of nitrogens with zero attached hydrogens (tertiary/aromatic N) is 2. The van der Waals surface area contributed by atoms with Crippen molar-refractivity contribution in [2.45, 2.75) is 78.4 Å². The summed E-state index contributed by atoms with van der Waals surface area (Å²) in [4.78, 5) is 10.8. The molecule has 2 aliphatic heterocycles. The summed E-state index contributed by atoms with van der Waals surface area (Å²) < 4.78 is 173. The van der Waals surface area contributed by atoms with Gasteiger partial charge in [0.25, 0.3) is 40.5 Å². The fraction of sp³-hybridized carbons (Fsp3) is 0.412. The average molecular weight is 911 g/mol. The van der Waals surface area contributed by atoms with Gasteiger partial charge in [0.2, 0.25) is 5.69 Å². The van der Waals surface area contributed by atoms with Gasteiger partial charge in [0.1, 0.15) is 21.2 Å². The number of carbonyl (C=O) groups is 1. The summed E-state index contributed by atoms with van der Waals surface area (Å²) >= 11 is 0. The molecule has 24 heteroatoms. The lowest BCUT2D eigenvalue weighted by molar-refractivity contribution is -0.437. The van der Waals surface area contributed by atoms with Crippen molar-refractivity contribution in [2.75, 3.05) is 29.5 Å². The maximum absolute atomic E-state index is 12.6. The quantitative estimate of drug-likeness (QED) is 0.0815. The first kappa shape index (κ1) is 46.8. The minimum atomic E-state index is -5.13. The number of carboxylic acids is 1. The van der Waals surface area contributed by atoms with Gasteiger partial charge in [-0.15, -0.1) is 0 Å². The van der Waals surface area contributed by atoms with Crippen LogP contribution in [0.4, 0.5) is 11.4 Å². The van der Waals surface area contributed by atoms with Gasteiger partial charge in [-0.1, -0.05) is 24.3 Å². The number of aliphatic carboxylic acids is 1. The molecular formula is C34H42N2O17S5. The maximum atomic E-state index is 12.6. The van der Waals surface area contributed by atoms with Crippen LogP contribution in [0.25, 0.3) is 0 Å². The second kappa shape index (κ2) is 16.7. The van der Waals surface area contributed by atoms with Gasteiger partial charge < -0.3 is 14.6 Å². The highest BCUT2D eigenvalue weighted by atomic mass is 32.2. The Bertz CT molecular complexity index is 2700. The summed E-state index contributed by atoms with van der Waals surface area (Å²) in [5.41, 5.74) is -1.88. The molecule has 1 unspecified atom stereocenters. The van der Waals surface area contributed by atoms with E-state index in [-0.39, 0.29) is 73.4 Å². The number of hydrogen-bond donors (Lipinski definition) is 5. The Morgan fingerprint density at radius 3 is 1.98 bits per heavy atom. The Balaban J connectivity index is 1.90. The van der Waals surface area contributed by atoms with Crippen molar-refractivity contribution in [1.29, 1.82) is 0 Å². The third-order valence-corrected chi connectivity index (χ3v) is 14.0.